The molecule has 7 nitrogen and oxygen atoms in total. The maximum Gasteiger partial charge on any atom is 0.229 e. The minimum atomic E-state index is -0.168. The van der Waals surface area contributed by atoms with Gasteiger partial charge in [0.15, 0.2) is 0 Å². The Morgan fingerprint density at radius 2 is 2.11 bits per heavy atom. The molecule has 3 heterocycles. The Kier molecular flexibility index (Phi) is 3.89. The second kappa shape index (κ2) is 6.44. The van der Waals surface area contributed by atoms with Crippen LogP contribution in [0.1, 0.15) is 30.3 Å². The van der Waals surface area contributed by atoms with Crippen LogP contribution in [0.2, 0.25) is 0 Å². The van der Waals surface area contributed by atoms with Crippen LogP contribution in [-0.4, -0.2) is 39.4 Å². The van der Waals surface area contributed by atoms with Gasteiger partial charge in [0.1, 0.15) is 5.82 Å². The molecule has 5 rings (SSSR count). The Bertz CT molecular complexity index is 1030. The number of aryl methyl sites for hydroxylation is 1. The number of imidazole rings is 1. The first-order valence-electron chi connectivity index (χ1n) is 9.56. The number of nitrogens with one attached hydrogen (secondary N) is 2. The number of fused-ring (bicyclic) bond motifs is 1. The molecule has 3 atom stereocenters. The quantitative estimate of drug-likeness (QED) is 0.732. The van der Waals surface area contributed by atoms with Crippen LogP contribution in [0.15, 0.2) is 42.6 Å². The molecule has 7 heteroatoms. The summed E-state index contributed by atoms with van der Waals surface area (Å²) in [6.45, 7) is 2.39. The van der Waals surface area contributed by atoms with E-state index in [1.165, 1.54) is 0 Å². The highest BCUT2D eigenvalue weighted by Crippen LogP contribution is 2.46. The minimum Gasteiger partial charge on any atom is -0.351 e. The topological polar surface area (TPSA) is 91.0 Å². The molecule has 1 aliphatic carbocycles. The lowest BCUT2D eigenvalue weighted by molar-refractivity contribution is -0.123. The van der Waals surface area contributed by atoms with E-state index in [0.29, 0.717) is 13.0 Å². The summed E-state index contributed by atoms with van der Waals surface area (Å²) in [5.41, 5.74) is 3.60. The first kappa shape index (κ1) is 16.9. The molecule has 1 aliphatic heterocycles. The molecule has 0 bridgehead atoms. The van der Waals surface area contributed by atoms with Crippen molar-refractivity contribution < 1.29 is 9.59 Å². The van der Waals surface area contributed by atoms with Crippen LogP contribution >= 0.6 is 0 Å². The number of nitrogens with zero attached hydrogens (tertiary/aromatic N) is 3. The summed E-state index contributed by atoms with van der Waals surface area (Å²) in [6.07, 6.45) is 2.81. The standard InChI is InChI=1S/C21H21N5O2/c1-12-6-7-14(10-22-12)26-11-13(8-19(26)27)23-21(28)16-9-15(16)20-24-17-4-2-3-5-18(17)25-20/h2-7,10,13,15-16H,8-9,11H2,1H3,(H,23,28)(H,24,25)/t13?,15-,16-/m0/s1. The molecule has 0 radical (unpaired) electrons. The molecule has 2 amide bonds. The van der Waals surface area contributed by atoms with Crippen molar-refractivity contribution in [3.8, 4) is 0 Å². The lowest BCUT2D eigenvalue weighted by Crippen LogP contribution is -2.38. The lowest BCUT2D eigenvalue weighted by Gasteiger charge is -2.17. The van der Waals surface area contributed by atoms with Gasteiger partial charge in [-0.1, -0.05) is 12.1 Å². The van der Waals surface area contributed by atoms with Crippen molar-refractivity contribution in [1.29, 1.82) is 0 Å². The summed E-state index contributed by atoms with van der Waals surface area (Å²) < 4.78 is 0. The van der Waals surface area contributed by atoms with Gasteiger partial charge in [0.05, 0.1) is 29.0 Å². The summed E-state index contributed by atoms with van der Waals surface area (Å²) in [7, 11) is 0. The van der Waals surface area contributed by atoms with Crippen molar-refractivity contribution in [3.05, 3.63) is 54.1 Å². The summed E-state index contributed by atoms with van der Waals surface area (Å²) in [5, 5.41) is 3.05. The minimum absolute atomic E-state index is 0.00661. The number of hydrogen-bond acceptors (Lipinski definition) is 4. The van der Waals surface area contributed by atoms with Crippen molar-refractivity contribution >= 4 is 28.5 Å². The smallest absolute Gasteiger partial charge is 0.229 e. The fourth-order valence-electron chi connectivity index (χ4n) is 3.92. The van der Waals surface area contributed by atoms with Gasteiger partial charge in [0, 0.05) is 30.5 Å². The molecule has 2 aromatic heterocycles. The zero-order chi connectivity index (χ0) is 19.3. The fraction of sp³-hybridized carbons (Fsp3) is 0.333. The van der Waals surface area contributed by atoms with E-state index in [-0.39, 0.29) is 29.7 Å². The molecule has 3 aromatic rings. The SMILES string of the molecule is Cc1ccc(N2CC(NC(=O)[C@H]3C[C@@H]3c3nc4ccccc4[nH]3)CC2=O)cn1. The number of carbonyl (C=O) groups excluding carboxylic acids is 2. The van der Waals surface area contributed by atoms with Crippen LogP contribution in [0.4, 0.5) is 5.69 Å². The number of anilines is 1. The Morgan fingerprint density at radius 1 is 1.25 bits per heavy atom. The zero-order valence-corrected chi connectivity index (χ0v) is 15.6. The Morgan fingerprint density at radius 3 is 2.89 bits per heavy atom. The Hall–Kier alpha value is -3.22. The average molecular weight is 375 g/mol. The van der Waals surface area contributed by atoms with E-state index in [1.807, 2.05) is 43.3 Å². The van der Waals surface area contributed by atoms with Crippen LogP contribution in [0, 0.1) is 12.8 Å². The van der Waals surface area contributed by atoms with Gasteiger partial charge >= 0.3 is 0 Å². The second-order valence-electron chi connectivity index (χ2n) is 7.66. The number of benzene rings is 1. The van der Waals surface area contributed by atoms with Crippen LogP contribution in [0.5, 0.6) is 0 Å². The Labute approximate surface area is 162 Å². The van der Waals surface area contributed by atoms with Crippen molar-refractivity contribution in [3.63, 3.8) is 0 Å². The van der Waals surface area contributed by atoms with Gasteiger partial charge in [-0.3, -0.25) is 14.6 Å². The van der Waals surface area contributed by atoms with E-state index < -0.39 is 0 Å². The molecule has 0 spiro atoms. The third-order valence-electron chi connectivity index (χ3n) is 5.56. The Balaban J connectivity index is 1.22. The number of aromatic nitrogens is 3. The molecule has 2 N–H and O–H groups in total. The van der Waals surface area contributed by atoms with E-state index in [4.69, 9.17) is 0 Å². The maximum absolute atomic E-state index is 12.7. The predicted octanol–water partition coefficient (Wildman–Crippen LogP) is 2.29. The number of para-hydroxylation sites is 2. The van der Waals surface area contributed by atoms with Crippen molar-refractivity contribution in [1.82, 2.24) is 20.3 Å². The van der Waals surface area contributed by atoms with Gasteiger partial charge in [0.2, 0.25) is 11.8 Å². The van der Waals surface area contributed by atoms with E-state index in [9.17, 15) is 9.59 Å². The summed E-state index contributed by atoms with van der Waals surface area (Å²) in [4.78, 5) is 38.9. The third-order valence-corrected chi connectivity index (χ3v) is 5.56. The van der Waals surface area contributed by atoms with Gasteiger partial charge in [-0.25, -0.2) is 4.98 Å². The van der Waals surface area contributed by atoms with Crippen molar-refractivity contribution in [2.24, 2.45) is 5.92 Å². The largest absolute Gasteiger partial charge is 0.351 e. The zero-order valence-electron chi connectivity index (χ0n) is 15.6. The first-order chi connectivity index (χ1) is 13.6. The van der Waals surface area contributed by atoms with Crippen molar-refractivity contribution in [2.45, 2.75) is 31.7 Å². The highest BCUT2D eigenvalue weighted by atomic mass is 16.2. The number of carbonyl (C=O) groups is 2. The number of aromatic amines is 1. The molecule has 2 fully saturated rings. The molecule has 1 saturated carbocycles. The number of H-pyrrole nitrogens is 1. The first-order valence-corrected chi connectivity index (χ1v) is 9.56. The molecule has 2 aliphatic rings. The fourth-order valence-corrected chi connectivity index (χ4v) is 3.92. The average Bonchev–Trinajstić information content (AvgIpc) is 3.25. The normalized spacial score (nSPS) is 24.0. The molecule has 1 saturated heterocycles. The summed E-state index contributed by atoms with van der Waals surface area (Å²) in [5.74, 6) is 0.941. The second-order valence-corrected chi connectivity index (χ2v) is 7.66. The van der Waals surface area contributed by atoms with Gasteiger partial charge in [-0.15, -0.1) is 0 Å². The van der Waals surface area contributed by atoms with Crippen molar-refractivity contribution in [2.75, 3.05) is 11.4 Å². The van der Waals surface area contributed by atoms with E-state index in [2.05, 4.69) is 20.3 Å². The van der Waals surface area contributed by atoms with E-state index in [0.717, 1.165) is 34.7 Å². The van der Waals surface area contributed by atoms with Crippen LogP contribution in [0.3, 0.4) is 0 Å². The third kappa shape index (κ3) is 3.02. The molecular weight excluding hydrogens is 354 g/mol. The van der Waals surface area contributed by atoms with Gasteiger partial charge in [-0.2, -0.15) is 0 Å². The highest BCUT2D eigenvalue weighted by molar-refractivity contribution is 5.97. The van der Waals surface area contributed by atoms with Crippen LogP contribution < -0.4 is 10.2 Å². The highest BCUT2D eigenvalue weighted by Gasteiger charge is 2.47. The monoisotopic (exact) mass is 375 g/mol. The van der Waals surface area contributed by atoms with Gasteiger partial charge < -0.3 is 15.2 Å². The number of hydrogen-bond donors (Lipinski definition) is 2. The van der Waals surface area contributed by atoms with Crippen LogP contribution in [0.25, 0.3) is 11.0 Å². The molecule has 28 heavy (non-hydrogen) atoms. The lowest BCUT2D eigenvalue weighted by atomic mass is 10.2. The molecule has 1 aromatic carbocycles. The molecule has 1 unspecified atom stereocenters. The number of amides is 2. The van der Waals surface area contributed by atoms with Gasteiger partial charge in [-0.05, 0) is 37.6 Å². The maximum atomic E-state index is 12.7. The van der Waals surface area contributed by atoms with Gasteiger partial charge in [0.25, 0.3) is 0 Å². The van der Waals surface area contributed by atoms with E-state index in [1.54, 1.807) is 11.1 Å². The predicted molar refractivity (Wildman–Crippen MR) is 105 cm³/mol. The molecular formula is C21H21N5O2. The summed E-state index contributed by atoms with van der Waals surface area (Å²) in [6, 6.07) is 11.5. The number of pyridine rings is 1. The number of rotatable bonds is 4. The van der Waals surface area contributed by atoms with Crippen LogP contribution in [-0.2, 0) is 9.59 Å². The van der Waals surface area contributed by atoms with E-state index >= 15 is 0 Å². The summed E-state index contributed by atoms with van der Waals surface area (Å²) >= 11 is 0. The molecule has 142 valence electrons.